The smallest absolute Gasteiger partial charge is 0.142 e. The summed E-state index contributed by atoms with van der Waals surface area (Å²) in [5.74, 6) is 0.624. The van der Waals surface area contributed by atoms with E-state index in [0.29, 0.717) is 5.84 Å². The zero-order valence-corrected chi connectivity index (χ0v) is 6.67. The van der Waals surface area contributed by atoms with Crippen LogP contribution in [0.1, 0.15) is 33.1 Å². The Morgan fingerprint density at radius 1 is 1.60 bits per heavy atom. The van der Waals surface area contributed by atoms with Crippen molar-refractivity contribution in [3.05, 3.63) is 0 Å². The number of amidine groups is 1. The summed E-state index contributed by atoms with van der Waals surface area (Å²) in [7, 11) is 0. The quantitative estimate of drug-likeness (QED) is 0.272. The molecular weight excluding hydrogens is 128 g/mol. The summed E-state index contributed by atoms with van der Waals surface area (Å²) in [6.45, 7) is 4.13. The van der Waals surface area contributed by atoms with Crippen molar-refractivity contribution < 1.29 is 5.21 Å². The molecule has 0 saturated heterocycles. The molecule has 3 N–H and O–H groups in total. The summed E-state index contributed by atoms with van der Waals surface area (Å²) >= 11 is 0. The molecule has 10 heavy (non-hydrogen) atoms. The van der Waals surface area contributed by atoms with Crippen LogP contribution in [0.5, 0.6) is 0 Å². The SMILES string of the molecule is CCCC(CC)C(N)=NO. The third kappa shape index (κ3) is 2.71. The van der Waals surface area contributed by atoms with E-state index in [1.165, 1.54) is 0 Å². The predicted molar refractivity (Wildman–Crippen MR) is 42.1 cm³/mol. The van der Waals surface area contributed by atoms with E-state index in [1.807, 2.05) is 6.92 Å². The molecule has 3 nitrogen and oxygen atoms in total. The zero-order chi connectivity index (χ0) is 7.98. The van der Waals surface area contributed by atoms with Crippen LogP contribution in [0.3, 0.4) is 0 Å². The molecule has 0 aromatic carbocycles. The Kier molecular flexibility index (Phi) is 4.72. The maximum atomic E-state index is 8.33. The maximum absolute atomic E-state index is 8.33. The molecule has 60 valence electrons. The summed E-state index contributed by atoms with van der Waals surface area (Å²) in [5, 5.41) is 11.3. The number of hydrogen-bond donors (Lipinski definition) is 2. The van der Waals surface area contributed by atoms with Gasteiger partial charge in [0, 0.05) is 5.92 Å². The predicted octanol–water partition coefficient (Wildman–Crippen LogP) is 1.56. The van der Waals surface area contributed by atoms with Gasteiger partial charge in [-0.3, -0.25) is 0 Å². The second-order valence-electron chi connectivity index (χ2n) is 2.42. The highest BCUT2D eigenvalue weighted by Gasteiger charge is 2.08. The van der Waals surface area contributed by atoms with Crippen LogP contribution in [-0.4, -0.2) is 11.0 Å². The van der Waals surface area contributed by atoms with Gasteiger partial charge < -0.3 is 10.9 Å². The maximum Gasteiger partial charge on any atom is 0.142 e. The molecule has 0 amide bonds. The lowest BCUT2D eigenvalue weighted by Gasteiger charge is -2.10. The van der Waals surface area contributed by atoms with Crippen LogP contribution in [0, 0.1) is 5.92 Å². The lowest BCUT2D eigenvalue weighted by Crippen LogP contribution is -2.22. The van der Waals surface area contributed by atoms with Crippen LogP contribution < -0.4 is 5.73 Å². The normalized spacial score (nSPS) is 15.2. The largest absolute Gasteiger partial charge is 0.409 e. The van der Waals surface area contributed by atoms with Crippen molar-refractivity contribution in [2.45, 2.75) is 33.1 Å². The van der Waals surface area contributed by atoms with Gasteiger partial charge in [-0.05, 0) is 12.8 Å². The van der Waals surface area contributed by atoms with Gasteiger partial charge in [0.05, 0.1) is 0 Å². The van der Waals surface area contributed by atoms with E-state index in [4.69, 9.17) is 10.9 Å². The number of nitrogens with two attached hydrogens (primary N) is 1. The molecule has 0 rings (SSSR count). The third-order valence-electron chi connectivity index (χ3n) is 1.66. The lowest BCUT2D eigenvalue weighted by atomic mass is 10.00. The molecule has 0 aliphatic heterocycles. The first-order valence-electron chi connectivity index (χ1n) is 3.73. The molecule has 1 atom stereocenters. The molecule has 0 aromatic rings. The Bertz CT molecular complexity index is 112. The summed E-state index contributed by atoms with van der Waals surface area (Å²) in [6, 6.07) is 0. The van der Waals surface area contributed by atoms with E-state index < -0.39 is 0 Å². The average molecular weight is 144 g/mol. The summed E-state index contributed by atoms with van der Waals surface area (Å²) < 4.78 is 0. The molecular formula is C7H16N2O. The molecule has 0 saturated carbocycles. The fraction of sp³-hybridized carbons (Fsp3) is 0.857. The zero-order valence-electron chi connectivity index (χ0n) is 6.67. The van der Waals surface area contributed by atoms with Crippen molar-refractivity contribution in [2.24, 2.45) is 16.8 Å². The van der Waals surface area contributed by atoms with Crippen LogP contribution in [0.15, 0.2) is 5.16 Å². The summed E-state index contributed by atoms with van der Waals surface area (Å²) in [5.41, 5.74) is 5.41. The first-order valence-corrected chi connectivity index (χ1v) is 3.73. The van der Waals surface area contributed by atoms with Crippen LogP contribution in [0.2, 0.25) is 0 Å². The standard InChI is InChI=1S/C7H16N2O/c1-3-5-6(4-2)7(8)9-10/h6,10H,3-5H2,1-2H3,(H2,8,9). The van der Waals surface area contributed by atoms with Gasteiger partial charge in [-0.2, -0.15) is 0 Å². The van der Waals surface area contributed by atoms with Gasteiger partial charge in [-0.25, -0.2) is 0 Å². The molecule has 0 aliphatic carbocycles. The minimum absolute atomic E-state index is 0.259. The minimum atomic E-state index is 0.259. The first-order chi connectivity index (χ1) is 4.76. The Balaban J connectivity index is 3.80. The van der Waals surface area contributed by atoms with E-state index in [1.54, 1.807) is 0 Å². The van der Waals surface area contributed by atoms with Crippen molar-refractivity contribution in [3.63, 3.8) is 0 Å². The van der Waals surface area contributed by atoms with Crippen molar-refractivity contribution >= 4 is 5.84 Å². The van der Waals surface area contributed by atoms with Crippen molar-refractivity contribution in [1.29, 1.82) is 0 Å². The fourth-order valence-corrected chi connectivity index (χ4v) is 0.991. The van der Waals surface area contributed by atoms with Crippen LogP contribution in [0.25, 0.3) is 0 Å². The van der Waals surface area contributed by atoms with Crippen LogP contribution >= 0.6 is 0 Å². The molecule has 0 aromatic heterocycles. The summed E-state index contributed by atoms with van der Waals surface area (Å²) in [4.78, 5) is 0. The molecule has 0 fully saturated rings. The highest BCUT2D eigenvalue weighted by atomic mass is 16.4. The molecule has 0 aliphatic rings. The molecule has 3 heteroatoms. The van der Waals surface area contributed by atoms with E-state index in [9.17, 15) is 0 Å². The molecule has 0 heterocycles. The average Bonchev–Trinajstić information content (AvgIpc) is 1.99. The van der Waals surface area contributed by atoms with Gasteiger partial charge in [0.1, 0.15) is 5.84 Å². The molecule has 1 unspecified atom stereocenters. The highest BCUT2D eigenvalue weighted by Crippen LogP contribution is 2.09. The Morgan fingerprint density at radius 2 is 2.20 bits per heavy atom. The van der Waals surface area contributed by atoms with Gasteiger partial charge in [0.25, 0.3) is 0 Å². The monoisotopic (exact) mass is 144 g/mol. The number of rotatable bonds is 4. The number of nitrogens with zero attached hydrogens (tertiary/aromatic N) is 1. The van der Waals surface area contributed by atoms with Gasteiger partial charge in [-0.1, -0.05) is 25.4 Å². The van der Waals surface area contributed by atoms with Crippen LogP contribution in [0.4, 0.5) is 0 Å². The van der Waals surface area contributed by atoms with Crippen molar-refractivity contribution in [2.75, 3.05) is 0 Å². The fourth-order valence-electron chi connectivity index (χ4n) is 0.991. The lowest BCUT2D eigenvalue weighted by molar-refractivity contribution is 0.312. The second kappa shape index (κ2) is 5.09. The van der Waals surface area contributed by atoms with Crippen molar-refractivity contribution in [1.82, 2.24) is 0 Å². The molecule has 0 bridgehead atoms. The molecule has 0 spiro atoms. The Hall–Kier alpha value is -0.730. The topological polar surface area (TPSA) is 58.6 Å². The van der Waals surface area contributed by atoms with E-state index in [0.717, 1.165) is 19.3 Å². The van der Waals surface area contributed by atoms with Crippen LogP contribution in [-0.2, 0) is 0 Å². The third-order valence-corrected chi connectivity index (χ3v) is 1.66. The van der Waals surface area contributed by atoms with Gasteiger partial charge in [0.15, 0.2) is 0 Å². The summed E-state index contributed by atoms with van der Waals surface area (Å²) in [6.07, 6.45) is 3.03. The van der Waals surface area contributed by atoms with E-state index in [2.05, 4.69) is 12.1 Å². The van der Waals surface area contributed by atoms with Gasteiger partial charge >= 0.3 is 0 Å². The Morgan fingerprint density at radius 3 is 2.50 bits per heavy atom. The second-order valence-corrected chi connectivity index (χ2v) is 2.42. The molecule has 0 radical (unpaired) electrons. The first kappa shape index (κ1) is 9.27. The minimum Gasteiger partial charge on any atom is -0.409 e. The van der Waals surface area contributed by atoms with Gasteiger partial charge in [-0.15, -0.1) is 0 Å². The highest BCUT2D eigenvalue weighted by molar-refractivity contribution is 5.82. The van der Waals surface area contributed by atoms with E-state index in [-0.39, 0.29) is 5.92 Å². The van der Waals surface area contributed by atoms with Gasteiger partial charge in [0.2, 0.25) is 0 Å². The van der Waals surface area contributed by atoms with E-state index >= 15 is 0 Å². The Labute approximate surface area is 61.9 Å². The number of hydrogen-bond acceptors (Lipinski definition) is 2. The van der Waals surface area contributed by atoms with Crippen molar-refractivity contribution in [3.8, 4) is 0 Å². The number of oxime groups is 1.